The van der Waals surface area contributed by atoms with Crippen molar-refractivity contribution in [2.24, 2.45) is 0 Å². The maximum Gasteiger partial charge on any atom is 0.328 e. The van der Waals surface area contributed by atoms with Crippen LogP contribution in [0.4, 0.5) is 5.69 Å². The Balaban J connectivity index is 1.29. The first-order chi connectivity index (χ1) is 20.9. The summed E-state index contributed by atoms with van der Waals surface area (Å²) < 4.78 is 11.0. The van der Waals surface area contributed by atoms with Crippen molar-refractivity contribution < 1.29 is 19.1 Å². The number of hydrogen-bond donors (Lipinski definition) is 2. The van der Waals surface area contributed by atoms with E-state index in [2.05, 4.69) is 35.0 Å². The molecule has 4 aromatic rings. The molecule has 0 spiro atoms. The summed E-state index contributed by atoms with van der Waals surface area (Å²) in [6.07, 6.45) is 2.22. The molecule has 1 atom stereocenters. The first kappa shape index (κ1) is 31.9. The number of nitrogens with one attached hydrogen (secondary N) is 2. The predicted molar refractivity (Wildman–Crippen MR) is 172 cm³/mol. The van der Waals surface area contributed by atoms with Gasteiger partial charge in [0, 0.05) is 41.6 Å². The number of methoxy groups -OCH3 is 1. The van der Waals surface area contributed by atoms with Gasteiger partial charge in [-0.2, -0.15) is 0 Å². The molecule has 0 aliphatic carbocycles. The first-order valence-corrected chi connectivity index (χ1v) is 15.3. The number of ether oxygens (including phenoxy) is 2. The largest absolute Gasteiger partial charge is 0.493 e. The Morgan fingerprint density at radius 3 is 2.47 bits per heavy atom. The highest BCUT2D eigenvalue weighted by Crippen LogP contribution is 2.22. The molecule has 1 aromatic heterocycles. The van der Waals surface area contributed by atoms with Crippen LogP contribution in [-0.4, -0.2) is 68.6 Å². The second kappa shape index (κ2) is 16.6. The Morgan fingerprint density at radius 2 is 1.72 bits per heavy atom. The SMILES string of the molecule is COC(=O)[C@H](Cc1ccc(OCCc2csc(CNCCCN(C)C)n2)cc1)Nc1ccccc1C(=O)c1ccccc1. The quantitative estimate of drug-likeness (QED) is 0.0967. The molecule has 0 bridgehead atoms. The van der Waals surface area contributed by atoms with Crippen molar-refractivity contribution in [3.05, 3.63) is 112 Å². The average Bonchev–Trinajstić information content (AvgIpc) is 3.48. The summed E-state index contributed by atoms with van der Waals surface area (Å²) in [4.78, 5) is 32.8. The van der Waals surface area contributed by atoms with Crippen LogP contribution in [0.25, 0.3) is 0 Å². The fourth-order valence-electron chi connectivity index (χ4n) is 4.57. The van der Waals surface area contributed by atoms with Crippen LogP contribution in [-0.2, 0) is 28.9 Å². The van der Waals surface area contributed by atoms with Crippen molar-refractivity contribution in [1.29, 1.82) is 0 Å². The van der Waals surface area contributed by atoms with E-state index in [-0.39, 0.29) is 5.78 Å². The lowest BCUT2D eigenvalue weighted by atomic mass is 10.00. The molecule has 9 heteroatoms. The topological polar surface area (TPSA) is 92.8 Å². The van der Waals surface area contributed by atoms with Crippen LogP contribution in [0.15, 0.2) is 84.2 Å². The van der Waals surface area contributed by atoms with Gasteiger partial charge in [-0.3, -0.25) is 4.79 Å². The highest BCUT2D eigenvalue weighted by Gasteiger charge is 2.22. The zero-order valence-corrected chi connectivity index (χ0v) is 25.9. The smallest absolute Gasteiger partial charge is 0.328 e. The Labute approximate surface area is 258 Å². The number of ketones is 1. The number of thiazole rings is 1. The van der Waals surface area contributed by atoms with Crippen LogP contribution in [0.5, 0.6) is 5.75 Å². The summed E-state index contributed by atoms with van der Waals surface area (Å²) in [7, 11) is 5.53. The molecule has 43 heavy (non-hydrogen) atoms. The fourth-order valence-corrected chi connectivity index (χ4v) is 5.36. The molecule has 0 amide bonds. The summed E-state index contributed by atoms with van der Waals surface area (Å²) in [5.41, 5.74) is 3.63. The third-order valence-corrected chi connectivity index (χ3v) is 7.75. The van der Waals surface area contributed by atoms with Gasteiger partial charge in [0.15, 0.2) is 5.78 Å². The maximum atomic E-state index is 13.2. The molecule has 2 N–H and O–H groups in total. The summed E-state index contributed by atoms with van der Waals surface area (Å²) in [5, 5.41) is 9.88. The molecule has 0 aliphatic rings. The summed E-state index contributed by atoms with van der Waals surface area (Å²) in [5.74, 6) is 0.229. The van der Waals surface area contributed by atoms with Crippen molar-refractivity contribution in [3.8, 4) is 5.75 Å². The number of anilines is 1. The van der Waals surface area contributed by atoms with Crippen molar-refractivity contribution in [2.75, 3.05) is 46.2 Å². The number of aromatic nitrogens is 1. The molecular weight excluding hydrogens is 560 g/mol. The average molecular weight is 601 g/mol. The summed E-state index contributed by atoms with van der Waals surface area (Å²) in [6.45, 7) is 3.36. The van der Waals surface area contributed by atoms with Crippen LogP contribution < -0.4 is 15.4 Å². The molecule has 226 valence electrons. The Bertz CT molecular complexity index is 1440. The van der Waals surface area contributed by atoms with Crippen LogP contribution in [0.3, 0.4) is 0 Å². The second-order valence-electron chi connectivity index (χ2n) is 10.5. The lowest BCUT2D eigenvalue weighted by molar-refractivity contribution is -0.141. The van der Waals surface area contributed by atoms with Gasteiger partial charge in [-0.05, 0) is 63.4 Å². The number of benzene rings is 3. The van der Waals surface area contributed by atoms with E-state index in [4.69, 9.17) is 14.5 Å². The zero-order chi connectivity index (χ0) is 30.4. The molecule has 0 saturated heterocycles. The third-order valence-electron chi connectivity index (χ3n) is 6.85. The second-order valence-corrected chi connectivity index (χ2v) is 11.4. The number of nitrogens with zero attached hydrogens (tertiary/aromatic N) is 2. The van der Waals surface area contributed by atoms with E-state index in [0.29, 0.717) is 29.8 Å². The number of carbonyl (C=O) groups excluding carboxylic acids is 2. The van der Waals surface area contributed by atoms with E-state index in [1.807, 2.05) is 54.6 Å². The maximum absolute atomic E-state index is 13.2. The van der Waals surface area contributed by atoms with Gasteiger partial charge in [0.05, 0.1) is 19.4 Å². The van der Waals surface area contributed by atoms with Crippen molar-refractivity contribution >= 4 is 28.8 Å². The number of rotatable bonds is 17. The van der Waals surface area contributed by atoms with Crippen LogP contribution in [0.2, 0.25) is 0 Å². The van der Waals surface area contributed by atoms with Crippen molar-refractivity contribution in [1.82, 2.24) is 15.2 Å². The highest BCUT2D eigenvalue weighted by atomic mass is 32.1. The molecule has 0 radical (unpaired) electrons. The summed E-state index contributed by atoms with van der Waals surface area (Å²) >= 11 is 1.67. The van der Waals surface area contributed by atoms with E-state index < -0.39 is 12.0 Å². The molecule has 1 heterocycles. The van der Waals surface area contributed by atoms with Gasteiger partial charge >= 0.3 is 5.97 Å². The highest BCUT2D eigenvalue weighted by molar-refractivity contribution is 7.09. The molecule has 0 saturated carbocycles. The van der Waals surface area contributed by atoms with E-state index >= 15 is 0 Å². The Hall–Kier alpha value is -4.05. The number of para-hydroxylation sites is 1. The van der Waals surface area contributed by atoms with Crippen LogP contribution >= 0.6 is 11.3 Å². The Kier molecular flexibility index (Phi) is 12.3. The molecule has 0 aliphatic heterocycles. The molecule has 0 unspecified atom stereocenters. The fraction of sp³-hybridized carbons (Fsp3) is 0.324. The van der Waals surface area contributed by atoms with Gasteiger partial charge in [0.2, 0.25) is 0 Å². The van der Waals surface area contributed by atoms with E-state index in [1.165, 1.54) is 7.11 Å². The van der Waals surface area contributed by atoms with Crippen LogP contribution in [0, 0.1) is 0 Å². The monoisotopic (exact) mass is 600 g/mol. The van der Waals surface area contributed by atoms with Gasteiger partial charge < -0.3 is 25.0 Å². The lowest BCUT2D eigenvalue weighted by Gasteiger charge is -2.20. The van der Waals surface area contributed by atoms with Gasteiger partial charge in [0.25, 0.3) is 0 Å². The van der Waals surface area contributed by atoms with Gasteiger partial charge in [-0.1, -0.05) is 54.6 Å². The normalized spacial score (nSPS) is 11.7. The molecule has 0 fully saturated rings. The minimum Gasteiger partial charge on any atom is -0.493 e. The lowest BCUT2D eigenvalue weighted by Crippen LogP contribution is -2.33. The van der Waals surface area contributed by atoms with Gasteiger partial charge in [-0.25, -0.2) is 9.78 Å². The number of esters is 1. The number of carbonyl (C=O) groups is 2. The minimum atomic E-state index is -0.678. The van der Waals surface area contributed by atoms with E-state index in [9.17, 15) is 9.59 Å². The van der Waals surface area contributed by atoms with Crippen molar-refractivity contribution in [2.45, 2.75) is 31.8 Å². The molecule has 3 aromatic carbocycles. The van der Waals surface area contributed by atoms with E-state index in [1.54, 1.807) is 35.6 Å². The van der Waals surface area contributed by atoms with Crippen LogP contribution in [0.1, 0.15) is 38.6 Å². The first-order valence-electron chi connectivity index (χ1n) is 14.5. The third kappa shape index (κ3) is 10.0. The Morgan fingerprint density at radius 1 is 0.977 bits per heavy atom. The van der Waals surface area contributed by atoms with Gasteiger partial charge in [0.1, 0.15) is 16.8 Å². The van der Waals surface area contributed by atoms with E-state index in [0.717, 1.165) is 54.5 Å². The molecule has 8 nitrogen and oxygen atoms in total. The molecule has 4 rings (SSSR count). The standard InChI is InChI=1S/C34H40N4O4S/c1-38(2)20-9-19-35-23-32-36-27(24-43-32)18-21-42-28-16-14-25(15-17-28)22-31(34(40)41-3)37-30-13-8-7-12-29(30)33(39)26-10-5-4-6-11-26/h4-8,10-17,24,31,35,37H,9,18-23H2,1-3H3/t31-/m0/s1. The summed E-state index contributed by atoms with van der Waals surface area (Å²) in [6, 6.07) is 23.3. The minimum absolute atomic E-state index is 0.116. The molecular formula is C34H40N4O4S. The zero-order valence-electron chi connectivity index (χ0n) is 25.0. The number of hydrogen-bond acceptors (Lipinski definition) is 9. The predicted octanol–water partition coefficient (Wildman–Crippen LogP) is 5.23. The van der Waals surface area contributed by atoms with Gasteiger partial charge in [-0.15, -0.1) is 11.3 Å². The van der Waals surface area contributed by atoms with Crippen molar-refractivity contribution in [3.63, 3.8) is 0 Å².